The van der Waals surface area contributed by atoms with Crippen molar-refractivity contribution in [1.29, 1.82) is 0 Å². The van der Waals surface area contributed by atoms with Crippen LogP contribution in [0.1, 0.15) is 58.4 Å². The fourth-order valence-electron chi connectivity index (χ4n) is 3.81. The minimum absolute atomic E-state index is 0.0639. The first-order valence-corrected chi connectivity index (χ1v) is 10.5. The molecular weight excluding hydrogens is 354 g/mol. The summed E-state index contributed by atoms with van der Waals surface area (Å²) in [5, 5.41) is 10.1. The quantitative estimate of drug-likeness (QED) is 0.621. The molecule has 3 atom stereocenters. The average molecular weight is 390 g/mol. The molecule has 1 aromatic carbocycles. The average Bonchev–Trinajstić information content (AvgIpc) is 2.65. The second kappa shape index (κ2) is 10.2. The largest absolute Gasteiger partial charge is 0.375 e. The molecule has 1 aliphatic carbocycles. The van der Waals surface area contributed by atoms with Crippen molar-refractivity contribution in [3.8, 4) is 0 Å². The Hall–Kier alpha value is -1.46. The molecule has 0 saturated heterocycles. The summed E-state index contributed by atoms with van der Waals surface area (Å²) in [5.74, 6) is -0.0594. The van der Waals surface area contributed by atoms with Crippen molar-refractivity contribution >= 4 is 23.1 Å². The highest BCUT2D eigenvalue weighted by atomic mass is 32.1. The lowest BCUT2D eigenvalue weighted by molar-refractivity contribution is -0.127. The van der Waals surface area contributed by atoms with E-state index in [0.29, 0.717) is 18.5 Å². The van der Waals surface area contributed by atoms with Gasteiger partial charge in [-0.3, -0.25) is 4.79 Å². The van der Waals surface area contributed by atoms with Crippen LogP contribution in [0.2, 0.25) is 0 Å². The van der Waals surface area contributed by atoms with Gasteiger partial charge in [-0.05, 0) is 23.8 Å². The molecule has 1 amide bonds. The summed E-state index contributed by atoms with van der Waals surface area (Å²) in [6, 6.07) is 11.2. The van der Waals surface area contributed by atoms with Gasteiger partial charge in [-0.15, -0.1) is 0 Å². The van der Waals surface area contributed by atoms with Crippen LogP contribution in [0.4, 0.5) is 0 Å². The van der Waals surface area contributed by atoms with E-state index in [4.69, 9.17) is 12.2 Å². The van der Waals surface area contributed by atoms with E-state index in [1.54, 1.807) is 7.05 Å². The Morgan fingerprint density at radius 3 is 2.37 bits per heavy atom. The highest BCUT2D eigenvalue weighted by Crippen LogP contribution is 2.29. The van der Waals surface area contributed by atoms with Gasteiger partial charge in [0.15, 0.2) is 0 Å². The molecular formula is C22H35N3OS. The SMILES string of the molecule is CNC(=O)[C@@H](CC(=S)N[C@H]1CCCC[C@@H]1NCc1ccccc1)C(C)(C)C. The zero-order valence-corrected chi connectivity index (χ0v) is 18.0. The molecule has 1 aromatic rings. The number of amides is 1. The number of carbonyl (C=O) groups excluding carboxylic acids is 1. The van der Waals surface area contributed by atoms with Gasteiger partial charge in [0, 0.05) is 38.0 Å². The fourth-order valence-corrected chi connectivity index (χ4v) is 4.13. The van der Waals surface area contributed by atoms with Gasteiger partial charge < -0.3 is 16.0 Å². The summed E-state index contributed by atoms with van der Waals surface area (Å²) in [4.78, 5) is 13.1. The predicted octanol–water partition coefficient (Wildman–Crippen LogP) is 3.80. The molecule has 0 heterocycles. The summed E-state index contributed by atoms with van der Waals surface area (Å²) in [5.41, 5.74) is 1.18. The molecule has 0 radical (unpaired) electrons. The third kappa shape index (κ3) is 6.89. The normalized spacial score (nSPS) is 21.3. The fraction of sp³-hybridized carbons (Fsp3) is 0.636. The van der Waals surface area contributed by atoms with Crippen molar-refractivity contribution < 1.29 is 4.79 Å². The summed E-state index contributed by atoms with van der Waals surface area (Å²) < 4.78 is 0. The Balaban J connectivity index is 1.93. The van der Waals surface area contributed by atoms with Crippen molar-refractivity contribution in [3.63, 3.8) is 0 Å². The highest BCUT2D eigenvalue weighted by molar-refractivity contribution is 7.80. The summed E-state index contributed by atoms with van der Waals surface area (Å²) in [6.07, 6.45) is 5.35. The van der Waals surface area contributed by atoms with E-state index < -0.39 is 0 Å². The van der Waals surface area contributed by atoms with Gasteiger partial charge >= 0.3 is 0 Å². The molecule has 1 fully saturated rings. The lowest BCUT2D eigenvalue weighted by Gasteiger charge is -2.35. The van der Waals surface area contributed by atoms with E-state index in [0.717, 1.165) is 24.4 Å². The Labute approximate surface area is 169 Å². The van der Waals surface area contributed by atoms with Crippen LogP contribution in [0.3, 0.4) is 0 Å². The van der Waals surface area contributed by atoms with Gasteiger partial charge in [0.25, 0.3) is 0 Å². The molecule has 1 aliphatic rings. The molecule has 5 heteroatoms. The van der Waals surface area contributed by atoms with Crippen LogP contribution in [0.5, 0.6) is 0 Å². The van der Waals surface area contributed by atoms with E-state index in [-0.39, 0.29) is 17.2 Å². The van der Waals surface area contributed by atoms with E-state index in [9.17, 15) is 4.79 Å². The van der Waals surface area contributed by atoms with Crippen LogP contribution >= 0.6 is 12.2 Å². The van der Waals surface area contributed by atoms with Crippen LogP contribution in [0.25, 0.3) is 0 Å². The Morgan fingerprint density at radius 2 is 1.78 bits per heavy atom. The predicted molar refractivity (Wildman–Crippen MR) is 117 cm³/mol. The zero-order valence-electron chi connectivity index (χ0n) is 17.2. The first kappa shape index (κ1) is 21.8. The smallest absolute Gasteiger partial charge is 0.223 e. The van der Waals surface area contributed by atoms with Crippen LogP contribution < -0.4 is 16.0 Å². The second-order valence-electron chi connectivity index (χ2n) is 8.67. The van der Waals surface area contributed by atoms with E-state index >= 15 is 0 Å². The lowest BCUT2D eigenvalue weighted by atomic mass is 9.78. The van der Waals surface area contributed by atoms with Gasteiger partial charge in [-0.2, -0.15) is 0 Å². The number of carbonyl (C=O) groups is 1. The maximum Gasteiger partial charge on any atom is 0.223 e. The summed E-state index contributed by atoms with van der Waals surface area (Å²) in [6.45, 7) is 7.17. The number of hydrogen-bond donors (Lipinski definition) is 3. The zero-order chi connectivity index (χ0) is 19.9. The van der Waals surface area contributed by atoms with Crippen molar-refractivity contribution in [2.45, 2.75) is 71.5 Å². The van der Waals surface area contributed by atoms with Crippen LogP contribution in [-0.4, -0.2) is 30.0 Å². The Morgan fingerprint density at radius 1 is 1.15 bits per heavy atom. The number of rotatable bonds is 7. The summed E-state index contributed by atoms with van der Waals surface area (Å²) >= 11 is 5.66. The van der Waals surface area contributed by atoms with Crippen molar-refractivity contribution in [2.75, 3.05) is 7.05 Å². The maximum atomic E-state index is 12.3. The van der Waals surface area contributed by atoms with Crippen molar-refractivity contribution in [3.05, 3.63) is 35.9 Å². The third-order valence-corrected chi connectivity index (χ3v) is 5.81. The number of nitrogens with one attached hydrogen (secondary N) is 3. The third-order valence-electron chi connectivity index (χ3n) is 5.52. The molecule has 2 rings (SSSR count). The first-order valence-electron chi connectivity index (χ1n) is 10.1. The minimum Gasteiger partial charge on any atom is -0.375 e. The second-order valence-corrected chi connectivity index (χ2v) is 9.16. The molecule has 3 N–H and O–H groups in total. The molecule has 0 unspecified atom stereocenters. The van der Waals surface area contributed by atoms with Gasteiger partial charge in [0.05, 0.1) is 4.99 Å². The van der Waals surface area contributed by atoms with Crippen molar-refractivity contribution in [1.82, 2.24) is 16.0 Å². The molecule has 4 nitrogen and oxygen atoms in total. The van der Waals surface area contributed by atoms with Gasteiger partial charge in [-0.25, -0.2) is 0 Å². The lowest BCUT2D eigenvalue weighted by Crippen LogP contribution is -2.52. The monoisotopic (exact) mass is 389 g/mol. The molecule has 150 valence electrons. The number of benzene rings is 1. The molecule has 1 saturated carbocycles. The van der Waals surface area contributed by atoms with E-state index in [1.165, 1.54) is 18.4 Å². The van der Waals surface area contributed by atoms with Crippen molar-refractivity contribution in [2.24, 2.45) is 11.3 Å². The standard InChI is InChI=1S/C22H35N3OS/c1-22(2,3)17(21(26)23-4)14-20(27)25-19-13-9-8-12-18(19)24-15-16-10-6-5-7-11-16/h5-7,10-11,17-19,24H,8-9,12-15H2,1-4H3,(H,23,26)(H,25,27)/t17-,18+,19+/m1/s1. The number of thiocarbonyl (C=S) groups is 1. The molecule has 27 heavy (non-hydrogen) atoms. The van der Waals surface area contributed by atoms with Crippen LogP contribution in [0.15, 0.2) is 30.3 Å². The highest BCUT2D eigenvalue weighted by Gasteiger charge is 2.33. The van der Waals surface area contributed by atoms with Gasteiger partial charge in [-0.1, -0.05) is 76.2 Å². The van der Waals surface area contributed by atoms with Crippen LogP contribution in [-0.2, 0) is 11.3 Å². The van der Waals surface area contributed by atoms with Gasteiger partial charge in [0.2, 0.25) is 5.91 Å². The van der Waals surface area contributed by atoms with E-state index in [1.807, 2.05) is 6.07 Å². The van der Waals surface area contributed by atoms with Crippen LogP contribution in [0, 0.1) is 11.3 Å². The molecule has 0 spiro atoms. The Bertz CT molecular complexity index is 612. The summed E-state index contributed by atoms with van der Waals surface area (Å²) in [7, 11) is 1.70. The molecule has 0 aliphatic heterocycles. The number of hydrogen-bond acceptors (Lipinski definition) is 3. The molecule has 0 aromatic heterocycles. The minimum atomic E-state index is -0.123. The Kier molecular flexibility index (Phi) is 8.24. The topological polar surface area (TPSA) is 53.2 Å². The first-order chi connectivity index (χ1) is 12.8. The molecule has 0 bridgehead atoms. The van der Waals surface area contributed by atoms with Gasteiger partial charge in [0.1, 0.15) is 0 Å². The maximum absolute atomic E-state index is 12.3. The van der Waals surface area contributed by atoms with E-state index in [2.05, 4.69) is 61.0 Å².